The van der Waals surface area contributed by atoms with E-state index in [4.69, 9.17) is 0 Å². The molecule has 0 saturated carbocycles. The topological polar surface area (TPSA) is 78.4 Å². The zero-order valence-electron chi connectivity index (χ0n) is 10.1. The maximum atomic E-state index is 11.8. The van der Waals surface area contributed by atoms with E-state index in [2.05, 4.69) is 10.0 Å². The molecule has 1 saturated heterocycles. The first-order valence-electron chi connectivity index (χ1n) is 6.04. The standard InChI is InChI=1S/C12H18N2O3S/c15-12-6-2-1-4-10(12)8-14-18(16,17)9-11-5-3-7-13-11/h1-2,4,6,11,13-15H,3,5,7-9H2. The maximum Gasteiger partial charge on any atom is 0.213 e. The second-order valence-corrected chi connectivity index (χ2v) is 6.38. The van der Waals surface area contributed by atoms with Crippen molar-refractivity contribution in [1.29, 1.82) is 0 Å². The average molecular weight is 270 g/mol. The summed E-state index contributed by atoms with van der Waals surface area (Å²) < 4.78 is 26.2. The SMILES string of the molecule is O=S(=O)(CC1CCCN1)NCc1ccccc1O. The van der Waals surface area contributed by atoms with Crippen molar-refractivity contribution in [3.8, 4) is 5.75 Å². The lowest BCUT2D eigenvalue weighted by molar-refractivity contribution is 0.467. The van der Waals surface area contributed by atoms with Crippen molar-refractivity contribution >= 4 is 10.0 Å². The van der Waals surface area contributed by atoms with Crippen LogP contribution < -0.4 is 10.0 Å². The lowest BCUT2D eigenvalue weighted by Gasteiger charge is -2.12. The second-order valence-electron chi connectivity index (χ2n) is 4.52. The third-order valence-corrected chi connectivity index (χ3v) is 4.48. The van der Waals surface area contributed by atoms with Gasteiger partial charge in [-0.2, -0.15) is 0 Å². The number of rotatable bonds is 5. The molecule has 1 unspecified atom stereocenters. The Morgan fingerprint density at radius 1 is 1.39 bits per heavy atom. The van der Waals surface area contributed by atoms with Crippen LogP contribution in [0, 0.1) is 0 Å². The summed E-state index contributed by atoms with van der Waals surface area (Å²) in [7, 11) is -3.30. The number of nitrogens with one attached hydrogen (secondary N) is 2. The highest BCUT2D eigenvalue weighted by atomic mass is 32.2. The molecule has 6 heteroatoms. The molecule has 100 valence electrons. The molecule has 0 radical (unpaired) electrons. The molecule has 0 aromatic heterocycles. The Kier molecular flexibility index (Phi) is 4.21. The first kappa shape index (κ1) is 13.3. The zero-order chi connectivity index (χ0) is 13.0. The summed E-state index contributed by atoms with van der Waals surface area (Å²) in [5, 5.41) is 12.7. The van der Waals surface area contributed by atoms with Crippen molar-refractivity contribution in [2.75, 3.05) is 12.3 Å². The summed E-state index contributed by atoms with van der Waals surface area (Å²) in [6.45, 7) is 1.02. The summed E-state index contributed by atoms with van der Waals surface area (Å²) >= 11 is 0. The van der Waals surface area contributed by atoms with Crippen LogP contribution in [-0.4, -0.2) is 31.9 Å². The summed E-state index contributed by atoms with van der Waals surface area (Å²) in [6.07, 6.45) is 1.93. The smallest absolute Gasteiger partial charge is 0.213 e. The van der Waals surface area contributed by atoms with Crippen molar-refractivity contribution < 1.29 is 13.5 Å². The van der Waals surface area contributed by atoms with E-state index >= 15 is 0 Å². The third kappa shape index (κ3) is 3.69. The first-order chi connectivity index (χ1) is 8.57. The molecule has 0 aliphatic carbocycles. The summed E-state index contributed by atoms with van der Waals surface area (Å²) in [4.78, 5) is 0. The third-order valence-electron chi connectivity index (χ3n) is 3.06. The molecule has 1 fully saturated rings. The molecule has 1 heterocycles. The highest BCUT2D eigenvalue weighted by Gasteiger charge is 2.21. The van der Waals surface area contributed by atoms with Crippen LogP contribution in [0.4, 0.5) is 0 Å². The minimum atomic E-state index is -3.30. The quantitative estimate of drug-likeness (QED) is 0.730. The van der Waals surface area contributed by atoms with E-state index in [0.717, 1.165) is 19.4 Å². The van der Waals surface area contributed by atoms with Crippen molar-refractivity contribution in [2.45, 2.75) is 25.4 Å². The van der Waals surface area contributed by atoms with Gasteiger partial charge in [0.1, 0.15) is 5.75 Å². The number of para-hydroxylation sites is 1. The number of benzene rings is 1. The van der Waals surface area contributed by atoms with Gasteiger partial charge in [0.15, 0.2) is 0 Å². The molecular formula is C12H18N2O3S. The second kappa shape index (κ2) is 5.69. The van der Waals surface area contributed by atoms with Gasteiger partial charge in [0.2, 0.25) is 10.0 Å². The fourth-order valence-electron chi connectivity index (χ4n) is 2.07. The minimum Gasteiger partial charge on any atom is -0.508 e. The van der Waals surface area contributed by atoms with Crippen molar-refractivity contribution in [3.63, 3.8) is 0 Å². The van der Waals surface area contributed by atoms with E-state index in [-0.39, 0.29) is 24.1 Å². The van der Waals surface area contributed by atoms with Crippen LogP contribution in [0.3, 0.4) is 0 Å². The molecule has 5 nitrogen and oxygen atoms in total. The average Bonchev–Trinajstić information content (AvgIpc) is 2.80. The maximum absolute atomic E-state index is 11.8. The number of sulfonamides is 1. The number of hydrogen-bond acceptors (Lipinski definition) is 4. The Labute approximate surface area is 107 Å². The van der Waals surface area contributed by atoms with Crippen LogP contribution in [-0.2, 0) is 16.6 Å². The molecule has 1 aliphatic heterocycles. The fraction of sp³-hybridized carbons (Fsp3) is 0.500. The normalized spacial score (nSPS) is 20.1. The fourth-order valence-corrected chi connectivity index (χ4v) is 3.38. The van der Waals surface area contributed by atoms with Crippen LogP contribution >= 0.6 is 0 Å². The minimum absolute atomic E-state index is 0.0480. The lowest BCUT2D eigenvalue weighted by Crippen LogP contribution is -2.36. The van der Waals surface area contributed by atoms with E-state index in [1.165, 1.54) is 0 Å². The lowest BCUT2D eigenvalue weighted by atomic mass is 10.2. The Morgan fingerprint density at radius 2 is 2.17 bits per heavy atom. The van der Waals surface area contributed by atoms with E-state index in [0.29, 0.717) is 5.56 Å². The van der Waals surface area contributed by atoms with Crippen molar-refractivity contribution in [3.05, 3.63) is 29.8 Å². The van der Waals surface area contributed by atoms with Gasteiger partial charge in [-0.15, -0.1) is 0 Å². The van der Waals surface area contributed by atoms with Gasteiger partial charge in [0, 0.05) is 18.2 Å². The Balaban J connectivity index is 1.90. The molecule has 1 aromatic carbocycles. The van der Waals surface area contributed by atoms with E-state index in [9.17, 15) is 13.5 Å². The predicted octanol–water partition coefficient (Wildman–Crippen LogP) is 0.564. The highest BCUT2D eigenvalue weighted by molar-refractivity contribution is 7.89. The van der Waals surface area contributed by atoms with E-state index in [1.807, 2.05) is 0 Å². The van der Waals surface area contributed by atoms with Gasteiger partial charge in [-0.25, -0.2) is 13.1 Å². The predicted molar refractivity (Wildman–Crippen MR) is 69.8 cm³/mol. The molecule has 2 rings (SSSR count). The first-order valence-corrected chi connectivity index (χ1v) is 7.70. The summed E-state index contributed by atoms with van der Waals surface area (Å²) in [5.41, 5.74) is 0.584. The summed E-state index contributed by atoms with van der Waals surface area (Å²) in [5.74, 6) is 0.208. The number of phenols is 1. The Bertz CT molecular complexity index is 496. The molecule has 0 bridgehead atoms. The van der Waals surface area contributed by atoms with Crippen molar-refractivity contribution in [1.82, 2.24) is 10.0 Å². The van der Waals surface area contributed by atoms with Gasteiger partial charge in [-0.1, -0.05) is 18.2 Å². The Morgan fingerprint density at radius 3 is 2.83 bits per heavy atom. The monoisotopic (exact) mass is 270 g/mol. The van der Waals surface area contributed by atoms with Gasteiger partial charge < -0.3 is 10.4 Å². The van der Waals surface area contributed by atoms with E-state index < -0.39 is 10.0 Å². The van der Waals surface area contributed by atoms with Crippen molar-refractivity contribution in [2.24, 2.45) is 0 Å². The van der Waals surface area contributed by atoms with Crippen LogP contribution in [0.15, 0.2) is 24.3 Å². The molecule has 0 amide bonds. The number of phenolic OH excluding ortho intramolecular Hbond substituents is 1. The Hall–Kier alpha value is -1.11. The van der Waals surface area contributed by atoms with Gasteiger partial charge >= 0.3 is 0 Å². The van der Waals surface area contributed by atoms with Gasteiger partial charge in [0.25, 0.3) is 0 Å². The van der Waals surface area contributed by atoms with Gasteiger partial charge in [-0.05, 0) is 25.5 Å². The highest BCUT2D eigenvalue weighted by Crippen LogP contribution is 2.15. The number of hydrogen-bond donors (Lipinski definition) is 3. The van der Waals surface area contributed by atoms with Gasteiger partial charge in [-0.3, -0.25) is 0 Å². The molecule has 1 atom stereocenters. The molecule has 18 heavy (non-hydrogen) atoms. The molecular weight excluding hydrogens is 252 g/mol. The summed E-state index contributed by atoms with van der Waals surface area (Å²) in [6, 6.07) is 6.76. The number of aromatic hydroxyl groups is 1. The molecule has 1 aliphatic rings. The molecule has 3 N–H and O–H groups in total. The largest absolute Gasteiger partial charge is 0.508 e. The van der Waals surface area contributed by atoms with Crippen LogP contribution in [0.25, 0.3) is 0 Å². The van der Waals surface area contributed by atoms with Crippen LogP contribution in [0.1, 0.15) is 18.4 Å². The zero-order valence-corrected chi connectivity index (χ0v) is 10.9. The van der Waals surface area contributed by atoms with Gasteiger partial charge in [0.05, 0.1) is 5.75 Å². The molecule has 0 spiro atoms. The van der Waals surface area contributed by atoms with E-state index in [1.54, 1.807) is 24.3 Å². The molecule has 1 aromatic rings. The van der Waals surface area contributed by atoms with Crippen LogP contribution in [0.5, 0.6) is 5.75 Å². The van der Waals surface area contributed by atoms with Crippen LogP contribution in [0.2, 0.25) is 0 Å².